The number of carbonyl (C=O) groups is 1. The Hall–Kier alpha value is -1.70. The predicted octanol–water partition coefficient (Wildman–Crippen LogP) is 5.31. The van der Waals surface area contributed by atoms with E-state index in [0.29, 0.717) is 10.4 Å². The lowest BCUT2D eigenvalue weighted by Crippen LogP contribution is -2.35. The van der Waals surface area contributed by atoms with Gasteiger partial charge in [-0.2, -0.15) is 0 Å². The molecule has 0 saturated carbocycles. The highest BCUT2D eigenvalue weighted by Crippen LogP contribution is 2.21. The van der Waals surface area contributed by atoms with Crippen LogP contribution in [0, 0.1) is 0 Å². The lowest BCUT2D eigenvalue weighted by atomic mass is 10.2. The van der Waals surface area contributed by atoms with Gasteiger partial charge in [-0.15, -0.1) is 0 Å². The minimum absolute atomic E-state index is 0.0150. The highest BCUT2D eigenvalue weighted by Gasteiger charge is 2.24. The molecule has 2 aromatic rings. The molecule has 1 fully saturated rings. The zero-order chi connectivity index (χ0) is 23.5. The SMILES string of the molecule is CCCCc1cc(Cl)nc(Cl)n1.CCCCc1cc(N2CC[C@H](NC(C)=O)C2)nc(Cl)n1. The molecular formula is C22H31Cl3N6O. The molecule has 1 N–H and O–H groups in total. The van der Waals surface area contributed by atoms with Crippen LogP contribution in [0.4, 0.5) is 5.82 Å². The molecule has 32 heavy (non-hydrogen) atoms. The summed E-state index contributed by atoms with van der Waals surface area (Å²) in [6.45, 7) is 7.49. The van der Waals surface area contributed by atoms with Gasteiger partial charge < -0.3 is 10.2 Å². The lowest BCUT2D eigenvalue weighted by Gasteiger charge is -2.18. The Morgan fingerprint density at radius 1 is 1.00 bits per heavy atom. The summed E-state index contributed by atoms with van der Waals surface area (Å²) in [5, 5.41) is 3.90. The number of amides is 1. The van der Waals surface area contributed by atoms with Crippen molar-refractivity contribution >= 4 is 46.5 Å². The van der Waals surface area contributed by atoms with Gasteiger partial charge in [-0.05, 0) is 61.4 Å². The van der Waals surface area contributed by atoms with E-state index in [4.69, 9.17) is 34.8 Å². The third-order valence-electron chi connectivity index (χ3n) is 4.95. The molecule has 2 aromatic heterocycles. The van der Waals surface area contributed by atoms with Crippen LogP contribution in [0.25, 0.3) is 0 Å². The van der Waals surface area contributed by atoms with Crippen molar-refractivity contribution < 1.29 is 4.79 Å². The summed E-state index contributed by atoms with van der Waals surface area (Å²) in [5.74, 6) is 0.880. The lowest BCUT2D eigenvalue weighted by molar-refractivity contribution is -0.119. The number of anilines is 1. The third kappa shape index (κ3) is 9.43. The number of aromatic nitrogens is 4. The van der Waals surface area contributed by atoms with Gasteiger partial charge in [-0.1, -0.05) is 38.3 Å². The maximum absolute atomic E-state index is 11.1. The zero-order valence-electron chi connectivity index (χ0n) is 18.9. The van der Waals surface area contributed by atoms with E-state index < -0.39 is 0 Å². The molecule has 1 amide bonds. The van der Waals surface area contributed by atoms with Crippen molar-refractivity contribution in [3.63, 3.8) is 0 Å². The van der Waals surface area contributed by atoms with Crippen LogP contribution >= 0.6 is 34.8 Å². The van der Waals surface area contributed by atoms with Crippen molar-refractivity contribution in [2.45, 2.75) is 71.8 Å². The third-order valence-corrected chi connectivity index (χ3v) is 5.48. The molecule has 0 spiro atoms. The molecule has 0 aliphatic carbocycles. The average molecular weight is 502 g/mol. The van der Waals surface area contributed by atoms with Crippen LogP contribution < -0.4 is 10.2 Å². The summed E-state index contributed by atoms with van der Waals surface area (Å²) >= 11 is 17.3. The first-order chi connectivity index (χ1) is 15.3. The van der Waals surface area contributed by atoms with Gasteiger partial charge in [0.25, 0.3) is 0 Å². The summed E-state index contributed by atoms with van der Waals surface area (Å²) in [6.07, 6.45) is 7.24. The fraction of sp³-hybridized carbons (Fsp3) is 0.591. The van der Waals surface area contributed by atoms with Crippen LogP contribution in [0.3, 0.4) is 0 Å². The molecule has 3 rings (SSSR count). The minimum Gasteiger partial charge on any atom is -0.354 e. The van der Waals surface area contributed by atoms with Crippen LogP contribution in [-0.4, -0.2) is 45.0 Å². The molecule has 1 aliphatic rings. The van der Waals surface area contributed by atoms with E-state index in [2.05, 4.69) is 44.0 Å². The number of unbranched alkanes of at least 4 members (excludes halogenated alkanes) is 2. The second-order valence-corrected chi connectivity index (χ2v) is 8.84. The number of halogens is 3. The van der Waals surface area contributed by atoms with Crippen molar-refractivity contribution in [1.29, 1.82) is 0 Å². The number of rotatable bonds is 8. The number of carbonyl (C=O) groups excluding carboxylic acids is 1. The normalized spacial score (nSPS) is 15.3. The molecule has 176 valence electrons. The summed E-state index contributed by atoms with van der Waals surface area (Å²) < 4.78 is 0. The Morgan fingerprint density at radius 2 is 1.59 bits per heavy atom. The van der Waals surface area contributed by atoms with E-state index in [9.17, 15) is 4.79 Å². The van der Waals surface area contributed by atoms with Gasteiger partial charge in [0.15, 0.2) is 0 Å². The quantitative estimate of drug-likeness (QED) is 0.389. The van der Waals surface area contributed by atoms with Gasteiger partial charge >= 0.3 is 0 Å². The summed E-state index contributed by atoms with van der Waals surface area (Å²) in [6, 6.07) is 3.96. The van der Waals surface area contributed by atoms with Crippen molar-refractivity contribution in [1.82, 2.24) is 25.3 Å². The Labute approximate surface area is 205 Å². The first-order valence-corrected chi connectivity index (χ1v) is 12.2. The molecule has 10 heteroatoms. The number of aryl methyl sites for hydroxylation is 2. The topological polar surface area (TPSA) is 83.9 Å². The molecule has 1 saturated heterocycles. The van der Waals surface area contributed by atoms with Crippen molar-refractivity contribution in [2.24, 2.45) is 0 Å². The van der Waals surface area contributed by atoms with Crippen molar-refractivity contribution in [3.05, 3.63) is 39.2 Å². The molecule has 1 aliphatic heterocycles. The Kier molecular flexibility index (Phi) is 11.4. The van der Waals surface area contributed by atoms with Crippen LogP contribution in [0.5, 0.6) is 0 Å². The first-order valence-electron chi connectivity index (χ1n) is 11.0. The molecular weight excluding hydrogens is 471 g/mol. The standard InChI is InChI=1S/C14H21ClN4O.C8H10Cl2N2/c1-3-4-5-11-8-13(18-14(15)17-11)19-7-6-12(9-19)16-10(2)20;1-2-3-4-6-5-7(9)12-8(10)11-6/h8,12H,3-7,9H2,1-2H3,(H,16,20);5H,2-4H2,1H3/t12-;/m0./s1. The number of nitrogens with zero attached hydrogens (tertiary/aromatic N) is 5. The zero-order valence-corrected chi connectivity index (χ0v) is 21.1. The number of hydrogen-bond donors (Lipinski definition) is 1. The monoisotopic (exact) mass is 500 g/mol. The minimum atomic E-state index is 0.0150. The first kappa shape index (κ1) is 26.6. The van der Waals surface area contributed by atoms with Crippen molar-refractivity contribution in [3.8, 4) is 0 Å². The van der Waals surface area contributed by atoms with Crippen LogP contribution in [0.15, 0.2) is 12.1 Å². The number of nitrogens with one attached hydrogen (secondary N) is 1. The van der Waals surface area contributed by atoms with Gasteiger partial charge in [0.05, 0.1) is 0 Å². The Morgan fingerprint density at radius 3 is 2.16 bits per heavy atom. The fourth-order valence-corrected chi connectivity index (χ4v) is 4.04. The highest BCUT2D eigenvalue weighted by molar-refractivity contribution is 6.31. The van der Waals surface area contributed by atoms with Gasteiger partial charge in [-0.25, -0.2) is 19.9 Å². The molecule has 0 unspecified atom stereocenters. The van der Waals surface area contributed by atoms with Gasteiger partial charge in [0.1, 0.15) is 11.0 Å². The maximum atomic E-state index is 11.1. The van der Waals surface area contributed by atoms with Gasteiger partial charge in [0.2, 0.25) is 16.5 Å². The molecule has 1 atom stereocenters. The number of hydrogen-bond acceptors (Lipinski definition) is 6. The van der Waals surface area contributed by atoms with E-state index in [1.54, 1.807) is 13.0 Å². The maximum Gasteiger partial charge on any atom is 0.224 e. The van der Waals surface area contributed by atoms with Crippen molar-refractivity contribution in [2.75, 3.05) is 18.0 Å². The Bertz CT molecular complexity index is 862. The van der Waals surface area contributed by atoms with E-state index in [-0.39, 0.29) is 17.2 Å². The van der Waals surface area contributed by atoms with Crippen LogP contribution in [0.2, 0.25) is 15.7 Å². The van der Waals surface area contributed by atoms with E-state index in [1.807, 2.05) is 6.07 Å². The van der Waals surface area contributed by atoms with E-state index in [0.717, 1.165) is 75.2 Å². The summed E-state index contributed by atoms with van der Waals surface area (Å²) in [4.78, 5) is 29.6. The molecule has 3 heterocycles. The highest BCUT2D eigenvalue weighted by atomic mass is 35.5. The van der Waals surface area contributed by atoms with Crippen LogP contribution in [0.1, 0.15) is 64.3 Å². The predicted molar refractivity (Wildman–Crippen MR) is 131 cm³/mol. The fourth-order valence-electron chi connectivity index (χ4n) is 3.39. The summed E-state index contributed by atoms with van der Waals surface area (Å²) in [5.41, 5.74) is 1.91. The van der Waals surface area contributed by atoms with Gasteiger partial charge in [0, 0.05) is 43.5 Å². The molecule has 0 bridgehead atoms. The molecule has 7 nitrogen and oxygen atoms in total. The average Bonchev–Trinajstić information content (AvgIpc) is 3.18. The second kappa shape index (κ2) is 13.8. The summed E-state index contributed by atoms with van der Waals surface area (Å²) in [7, 11) is 0. The molecule has 0 aromatic carbocycles. The molecule has 0 radical (unpaired) electrons. The largest absolute Gasteiger partial charge is 0.354 e. The van der Waals surface area contributed by atoms with E-state index >= 15 is 0 Å². The van der Waals surface area contributed by atoms with Crippen LogP contribution in [-0.2, 0) is 17.6 Å². The smallest absolute Gasteiger partial charge is 0.224 e. The second-order valence-electron chi connectivity index (χ2n) is 7.78. The van der Waals surface area contributed by atoms with Gasteiger partial charge in [-0.3, -0.25) is 4.79 Å². The Balaban J connectivity index is 0.000000258. The van der Waals surface area contributed by atoms with E-state index in [1.165, 1.54) is 0 Å².